The molecule has 0 spiro atoms. The molecule has 1 unspecified atom stereocenters. The fraction of sp³-hybridized carbons (Fsp3) is 0.333. The van der Waals surface area contributed by atoms with Crippen molar-refractivity contribution in [3.05, 3.63) is 52.7 Å². The Morgan fingerprint density at radius 3 is 2.95 bits per heavy atom. The van der Waals surface area contributed by atoms with Gasteiger partial charge in [-0.1, -0.05) is 6.07 Å². The van der Waals surface area contributed by atoms with Gasteiger partial charge in [-0.05, 0) is 37.1 Å². The zero-order valence-electron chi connectivity index (χ0n) is 11.6. The monoisotopic (exact) mass is 271 g/mol. The van der Waals surface area contributed by atoms with Gasteiger partial charge < -0.3 is 15.1 Å². The van der Waals surface area contributed by atoms with E-state index in [1.54, 1.807) is 6.20 Å². The van der Waals surface area contributed by atoms with Crippen LogP contribution in [0, 0.1) is 6.92 Å². The van der Waals surface area contributed by atoms with E-state index in [1.807, 2.05) is 32.0 Å². The van der Waals surface area contributed by atoms with Gasteiger partial charge in [-0.15, -0.1) is 0 Å². The van der Waals surface area contributed by atoms with Crippen molar-refractivity contribution in [1.82, 2.24) is 15.6 Å². The van der Waals surface area contributed by atoms with Crippen molar-refractivity contribution < 1.29 is 9.21 Å². The van der Waals surface area contributed by atoms with E-state index in [0.717, 1.165) is 18.8 Å². The molecule has 1 aliphatic rings. The van der Waals surface area contributed by atoms with Crippen molar-refractivity contribution in [1.29, 1.82) is 0 Å². The van der Waals surface area contributed by atoms with Crippen LogP contribution >= 0.6 is 0 Å². The SMILES string of the molecule is Cc1cnc(C(C)NC(=O)c2ccc3c(c2)CNC3)o1. The maximum atomic E-state index is 12.2. The Labute approximate surface area is 117 Å². The molecule has 5 heteroatoms. The average Bonchev–Trinajstić information content (AvgIpc) is 3.05. The molecule has 5 nitrogen and oxygen atoms in total. The van der Waals surface area contributed by atoms with Crippen LogP contribution in [0.2, 0.25) is 0 Å². The molecule has 2 heterocycles. The lowest BCUT2D eigenvalue weighted by atomic mass is 10.1. The van der Waals surface area contributed by atoms with Gasteiger partial charge in [-0.2, -0.15) is 0 Å². The molecule has 1 aromatic heterocycles. The molecular weight excluding hydrogens is 254 g/mol. The average molecular weight is 271 g/mol. The summed E-state index contributed by atoms with van der Waals surface area (Å²) in [6.07, 6.45) is 1.65. The van der Waals surface area contributed by atoms with Crippen LogP contribution in [0.25, 0.3) is 0 Å². The van der Waals surface area contributed by atoms with Crippen LogP contribution in [0.15, 0.2) is 28.8 Å². The maximum Gasteiger partial charge on any atom is 0.251 e. The number of oxazole rings is 1. The molecule has 2 aromatic rings. The number of nitrogens with zero attached hydrogens (tertiary/aromatic N) is 1. The summed E-state index contributed by atoms with van der Waals surface area (Å²) >= 11 is 0. The van der Waals surface area contributed by atoms with Gasteiger partial charge >= 0.3 is 0 Å². The summed E-state index contributed by atoms with van der Waals surface area (Å²) in [5.41, 5.74) is 3.12. The smallest absolute Gasteiger partial charge is 0.251 e. The number of fused-ring (bicyclic) bond motifs is 1. The Bertz CT molecular complexity index is 648. The molecule has 2 N–H and O–H groups in total. The predicted octanol–water partition coefficient (Wildman–Crippen LogP) is 2.08. The van der Waals surface area contributed by atoms with E-state index >= 15 is 0 Å². The number of carbonyl (C=O) groups excluding carboxylic acids is 1. The molecule has 0 bridgehead atoms. The summed E-state index contributed by atoms with van der Waals surface area (Å²) in [5, 5.41) is 6.17. The molecule has 0 aliphatic carbocycles. The summed E-state index contributed by atoms with van der Waals surface area (Å²) < 4.78 is 5.42. The molecular formula is C15H17N3O2. The maximum absolute atomic E-state index is 12.2. The van der Waals surface area contributed by atoms with E-state index in [-0.39, 0.29) is 11.9 Å². The summed E-state index contributed by atoms with van der Waals surface area (Å²) in [5.74, 6) is 1.16. The summed E-state index contributed by atoms with van der Waals surface area (Å²) in [6.45, 7) is 5.39. The third-order valence-electron chi connectivity index (χ3n) is 3.46. The van der Waals surface area contributed by atoms with Gasteiger partial charge in [0.1, 0.15) is 11.8 Å². The number of nitrogens with one attached hydrogen (secondary N) is 2. The third kappa shape index (κ3) is 2.44. The summed E-state index contributed by atoms with van der Waals surface area (Å²) in [6, 6.07) is 5.56. The van der Waals surface area contributed by atoms with Gasteiger partial charge in [-0.25, -0.2) is 4.98 Å². The Hall–Kier alpha value is -2.14. The number of hydrogen-bond donors (Lipinski definition) is 2. The molecule has 0 radical (unpaired) electrons. The number of aromatic nitrogens is 1. The highest BCUT2D eigenvalue weighted by atomic mass is 16.4. The van der Waals surface area contributed by atoms with Crippen molar-refractivity contribution in [3.8, 4) is 0 Å². The normalized spacial score (nSPS) is 14.9. The van der Waals surface area contributed by atoms with Crippen molar-refractivity contribution in [2.45, 2.75) is 33.0 Å². The van der Waals surface area contributed by atoms with E-state index in [0.29, 0.717) is 11.5 Å². The van der Waals surface area contributed by atoms with Gasteiger partial charge in [-0.3, -0.25) is 4.79 Å². The first kappa shape index (κ1) is 12.9. The Balaban J connectivity index is 1.73. The standard InChI is InChI=1S/C15H17N3O2/c1-9-6-17-15(20-9)10(2)18-14(19)11-3-4-12-7-16-8-13(12)5-11/h3-6,10,16H,7-8H2,1-2H3,(H,18,19). The first-order chi connectivity index (χ1) is 9.63. The molecule has 1 amide bonds. The Morgan fingerprint density at radius 2 is 2.20 bits per heavy atom. The number of rotatable bonds is 3. The van der Waals surface area contributed by atoms with Crippen LogP contribution < -0.4 is 10.6 Å². The first-order valence-corrected chi connectivity index (χ1v) is 6.69. The molecule has 1 aromatic carbocycles. The van der Waals surface area contributed by atoms with E-state index in [2.05, 4.69) is 15.6 Å². The fourth-order valence-corrected chi connectivity index (χ4v) is 2.35. The van der Waals surface area contributed by atoms with Crippen LogP contribution in [0.1, 0.15) is 46.1 Å². The van der Waals surface area contributed by atoms with Gasteiger partial charge in [0.25, 0.3) is 5.91 Å². The number of carbonyl (C=O) groups is 1. The van der Waals surface area contributed by atoms with Crippen molar-refractivity contribution in [3.63, 3.8) is 0 Å². The summed E-state index contributed by atoms with van der Waals surface area (Å²) in [4.78, 5) is 16.4. The largest absolute Gasteiger partial charge is 0.444 e. The highest BCUT2D eigenvalue weighted by Crippen LogP contribution is 2.18. The highest BCUT2D eigenvalue weighted by molar-refractivity contribution is 5.94. The fourth-order valence-electron chi connectivity index (χ4n) is 2.35. The topological polar surface area (TPSA) is 67.2 Å². The minimum atomic E-state index is -0.248. The predicted molar refractivity (Wildman–Crippen MR) is 74.1 cm³/mol. The van der Waals surface area contributed by atoms with E-state index in [1.165, 1.54) is 11.1 Å². The third-order valence-corrected chi connectivity index (χ3v) is 3.46. The number of aryl methyl sites for hydroxylation is 1. The second-order valence-corrected chi connectivity index (χ2v) is 5.09. The van der Waals surface area contributed by atoms with Crippen molar-refractivity contribution in [2.24, 2.45) is 0 Å². The molecule has 1 atom stereocenters. The van der Waals surface area contributed by atoms with Gasteiger partial charge in [0.2, 0.25) is 5.89 Å². The zero-order chi connectivity index (χ0) is 14.1. The Kier molecular flexibility index (Phi) is 3.28. The van der Waals surface area contributed by atoms with E-state index in [9.17, 15) is 4.79 Å². The second kappa shape index (κ2) is 5.09. The van der Waals surface area contributed by atoms with Crippen molar-refractivity contribution >= 4 is 5.91 Å². The molecule has 0 saturated heterocycles. The lowest BCUT2D eigenvalue weighted by Crippen LogP contribution is -2.26. The van der Waals surface area contributed by atoms with E-state index in [4.69, 9.17) is 4.42 Å². The number of benzene rings is 1. The minimum Gasteiger partial charge on any atom is -0.444 e. The van der Waals surface area contributed by atoms with Crippen LogP contribution in [0.4, 0.5) is 0 Å². The van der Waals surface area contributed by atoms with Gasteiger partial charge in [0.15, 0.2) is 0 Å². The van der Waals surface area contributed by atoms with Crippen LogP contribution in [-0.4, -0.2) is 10.9 Å². The molecule has 3 rings (SSSR count). The first-order valence-electron chi connectivity index (χ1n) is 6.69. The molecule has 0 fully saturated rings. The second-order valence-electron chi connectivity index (χ2n) is 5.09. The summed E-state index contributed by atoms with van der Waals surface area (Å²) in [7, 11) is 0. The quantitative estimate of drug-likeness (QED) is 0.897. The molecule has 104 valence electrons. The van der Waals surface area contributed by atoms with E-state index < -0.39 is 0 Å². The molecule has 0 saturated carbocycles. The van der Waals surface area contributed by atoms with Crippen LogP contribution in [-0.2, 0) is 13.1 Å². The number of hydrogen-bond acceptors (Lipinski definition) is 4. The number of amides is 1. The lowest BCUT2D eigenvalue weighted by molar-refractivity contribution is 0.0934. The van der Waals surface area contributed by atoms with Gasteiger partial charge in [0, 0.05) is 18.7 Å². The van der Waals surface area contributed by atoms with Gasteiger partial charge in [0.05, 0.1) is 6.20 Å². The van der Waals surface area contributed by atoms with Crippen LogP contribution in [0.3, 0.4) is 0 Å². The molecule has 20 heavy (non-hydrogen) atoms. The Morgan fingerprint density at radius 1 is 1.40 bits per heavy atom. The van der Waals surface area contributed by atoms with Crippen LogP contribution in [0.5, 0.6) is 0 Å². The van der Waals surface area contributed by atoms with Crippen molar-refractivity contribution in [2.75, 3.05) is 0 Å². The minimum absolute atomic E-state index is 0.108. The lowest BCUT2D eigenvalue weighted by Gasteiger charge is -2.11. The molecule has 1 aliphatic heterocycles. The highest BCUT2D eigenvalue weighted by Gasteiger charge is 2.17. The zero-order valence-corrected chi connectivity index (χ0v) is 11.6.